The second-order valence-corrected chi connectivity index (χ2v) is 6.14. The van der Waals surface area contributed by atoms with Gasteiger partial charge < -0.3 is 4.84 Å². The lowest BCUT2D eigenvalue weighted by Gasteiger charge is -2.06. The molecule has 0 saturated carbocycles. The van der Waals surface area contributed by atoms with Crippen molar-refractivity contribution in [1.29, 1.82) is 0 Å². The largest absolute Gasteiger partial charge is 0.391 e. The predicted molar refractivity (Wildman–Crippen MR) is 99.7 cm³/mol. The number of halogens is 1. The highest BCUT2D eigenvalue weighted by Gasteiger charge is 2.03. The van der Waals surface area contributed by atoms with Crippen LogP contribution in [0.15, 0.2) is 76.4 Å². The Morgan fingerprint density at radius 3 is 2.57 bits per heavy atom. The van der Waals surface area contributed by atoms with E-state index in [9.17, 15) is 0 Å². The molecule has 0 amide bonds. The Labute approximate surface area is 144 Å². The second-order valence-electron chi connectivity index (χ2n) is 5.35. The molecule has 0 saturated heterocycles. The minimum atomic E-state index is 0.511. The molecule has 3 heteroatoms. The third kappa shape index (κ3) is 4.20. The number of oxime groups is 1. The van der Waals surface area contributed by atoms with E-state index >= 15 is 0 Å². The first-order chi connectivity index (χ1) is 11.3. The summed E-state index contributed by atoms with van der Waals surface area (Å²) < 4.78 is 1.18. The van der Waals surface area contributed by atoms with Crippen molar-refractivity contribution in [3.05, 3.63) is 82.3 Å². The molecule has 0 aliphatic carbocycles. The van der Waals surface area contributed by atoms with Crippen LogP contribution in [-0.2, 0) is 17.9 Å². The van der Waals surface area contributed by atoms with Gasteiger partial charge in [-0.3, -0.25) is 0 Å². The smallest absolute Gasteiger partial charge is 0.142 e. The highest BCUT2D eigenvalue weighted by molar-refractivity contribution is 9.10. The summed E-state index contributed by atoms with van der Waals surface area (Å²) >= 11 is 3.72. The summed E-state index contributed by atoms with van der Waals surface area (Å²) in [4.78, 5) is 5.32. The minimum Gasteiger partial charge on any atom is -0.391 e. The zero-order valence-electron chi connectivity index (χ0n) is 12.8. The highest BCUT2D eigenvalue weighted by Crippen LogP contribution is 2.28. The summed E-state index contributed by atoms with van der Waals surface area (Å²) in [7, 11) is 0. The van der Waals surface area contributed by atoms with E-state index < -0.39 is 0 Å². The fraction of sp³-hybridized carbons (Fsp3) is 0.150. The first kappa shape index (κ1) is 15.8. The predicted octanol–water partition coefficient (Wildman–Crippen LogP) is 5.74. The molecule has 3 rings (SSSR count). The molecule has 116 valence electrons. The van der Waals surface area contributed by atoms with Crippen LogP contribution in [0.2, 0.25) is 0 Å². The summed E-state index contributed by atoms with van der Waals surface area (Å²) in [6, 6.07) is 22.8. The first-order valence-electron chi connectivity index (χ1n) is 7.68. The number of hydrogen-bond acceptors (Lipinski definition) is 2. The summed E-state index contributed by atoms with van der Waals surface area (Å²) in [5.41, 5.74) is 2.42. The molecular formula is C20H18BrNO. The van der Waals surface area contributed by atoms with E-state index in [1.54, 1.807) is 0 Å². The SMILES string of the molecule is Brc1c(CC/C=N/OCc2ccccc2)ccc2ccccc12. The standard InChI is InChI=1S/C20H18BrNO/c21-20-18(13-12-17-9-4-5-11-19(17)20)10-6-14-22-23-15-16-7-2-1-3-8-16/h1-5,7-9,11-14H,6,10,15H2/b22-14+. The number of aryl methyl sites for hydroxylation is 1. The monoisotopic (exact) mass is 367 g/mol. The van der Waals surface area contributed by atoms with Crippen LogP contribution >= 0.6 is 15.9 Å². The van der Waals surface area contributed by atoms with E-state index in [1.807, 2.05) is 36.5 Å². The van der Waals surface area contributed by atoms with Gasteiger partial charge in [0, 0.05) is 10.7 Å². The number of hydrogen-bond donors (Lipinski definition) is 0. The molecule has 0 heterocycles. The van der Waals surface area contributed by atoms with Crippen LogP contribution in [0, 0.1) is 0 Å². The fourth-order valence-electron chi connectivity index (χ4n) is 2.48. The maximum absolute atomic E-state index is 5.32. The zero-order valence-corrected chi connectivity index (χ0v) is 14.4. The average molecular weight is 368 g/mol. The summed E-state index contributed by atoms with van der Waals surface area (Å²) in [5.74, 6) is 0. The molecule has 0 radical (unpaired) electrons. The van der Waals surface area contributed by atoms with Gasteiger partial charge in [0.15, 0.2) is 0 Å². The molecule has 0 bridgehead atoms. The van der Waals surface area contributed by atoms with Gasteiger partial charge in [0.05, 0.1) is 0 Å². The highest BCUT2D eigenvalue weighted by atomic mass is 79.9. The van der Waals surface area contributed by atoms with Gasteiger partial charge in [-0.05, 0) is 50.7 Å². The van der Waals surface area contributed by atoms with E-state index in [2.05, 4.69) is 57.5 Å². The quantitative estimate of drug-likeness (QED) is 0.402. The Balaban J connectivity index is 1.52. The summed E-state index contributed by atoms with van der Waals surface area (Å²) in [5, 5.41) is 6.54. The van der Waals surface area contributed by atoms with E-state index in [1.165, 1.54) is 20.8 Å². The van der Waals surface area contributed by atoms with E-state index in [-0.39, 0.29) is 0 Å². The fourth-order valence-corrected chi connectivity index (χ4v) is 3.17. The van der Waals surface area contributed by atoms with Crippen molar-refractivity contribution in [3.8, 4) is 0 Å². The van der Waals surface area contributed by atoms with Crippen LogP contribution in [0.3, 0.4) is 0 Å². The lowest BCUT2D eigenvalue weighted by molar-refractivity contribution is 0.131. The molecule has 2 nitrogen and oxygen atoms in total. The number of nitrogens with zero attached hydrogens (tertiary/aromatic N) is 1. The summed E-state index contributed by atoms with van der Waals surface area (Å²) in [6.45, 7) is 0.511. The van der Waals surface area contributed by atoms with E-state index in [0.717, 1.165) is 18.4 Å². The van der Waals surface area contributed by atoms with Crippen LogP contribution in [0.1, 0.15) is 17.5 Å². The number of fused-ring (bicyclic) bond motifs is 1. The number of rotatable bonds is 6. The van der Waals surface area contributed by atoms with Gasteiger partial charge in [0.25, 0.3) is 0 Å². The molecule has 0 atom stereocenters. The first-order valence-corrected chi connectivity index (χ1v) is 8.48. The van der Waals surface area contributed by atoms with Gasteiger partial charge in [-0.2, -0.15) is 0 Å². The molecule has 0 spiro atoms. The van der Waals surface area contributed by atoms with Crippen molar-refractivity contribution >= 4 is 32.9 Å². The van der Waals surface area contributed by atoms with Gasteiger partial charge in [-0.1, -0.05) is 71.9 Å². The van der Waals surface area contributed by atoms with Crippen molar-refractivity contribution in [2.24, 2.45) is 5.16 Å². The molecule has 0 aliphatic rings. The molecule has 0 unspecified atom stereocenters. The molecule has 0 aromatic heterocycles. The van der Waals surface area contributed by atoms with Crippen LogP contribution < -0.4 is 0 Å². The Bertz CT molecular complexity index is 799. The maximum atomic E-state index is 5.32. The van der Waals surface area contributed by atoms with Gasteiger partial charge in [-0.25, -0.2) is 0 Å². The zero-order chi connectivity index (χ0) is 15.9. The van der Waals surface area contributed by atoms with Crippen molar-refractivity contribution < 1.29 is 4.84 Å². The third-order valence-electron chi connectivity index (χ3n) is 3.71. The molecule has 23 heavy (non-hydrogen) atoms. The van der Waals surface area contributed by atoms with E-state index in [4.69, 9.17) is 4.84 Å². The molecule has 3 aromatic rings. The molecule has 0 aliphatic heterocycles. The van der Waals surface area contributed by atoms with E-state index in [0.29, 0.717) is 6.61 Å². The Kier molecular flexibility index (Phi) is 5.43. The van der Waals surface area contributed by atoms with Crippen molar-refractivity contribution in [2.75, 3.05) is 0 Å². The van der Waals surface area contributed by atoms with Gasteiger partial charge >= 0.3 is 0 Å². The van der Waals surface area contributed by atoms with Gasteiger partial charge in [-0.15, -0.1) is 0 Å². The molecule has 0 fully saturated rings. The minimum absolute atomic E-state index is 0.511. The van der Waals surface area contributed by atoms with Crippen LogP contribution in [0.25, 0.3) is 10.8 Å². The second kappa shape index (κ2) is 7.93. The molecular weight excluding hydrogens is 350 g/mol. The lowest BCUT2D eigenvalue weighted by Crippen LogP contribution is -1.91. The van der Waals surface area contributed by atoms with Crippen LogP contribution in [0.4, 0.5) is 0 Å². The van der Waals surface area contributed by atoms with Gasteiger partial charge in [0.1, 0.15) is 6.61 Å². The lowest BCUT2D eigenvalue weighted by atomic mass is 10.0. The molecule has 0 N–H and O–H groups in total. The molecule has 3 aromatic carbocycles. The van der Waals surface area contributed by atoms with Crippen molar-refractivity contribution in [3.63, 3.8) is 0 Å². The number of benzene rings is 3. The van der Waals surface area contributed by atoms with Crippen LogP contribution in [-0.4, -0.2) is 6.21 Å². The van der Waals surface area contributed by atoms with Crippen molar-refractivity contribution in [2.45, 2.75) is 19.4 Å². The average Bonchev–Trinajstić information content (AvgIpc) is 2.61. The third-order valence-corrected chi connectivity index (χ3v) is 4.65. The maximum Gasteiger partial charge on any atom is 0.142 e. The van der Waals surface area contributed by atoms with Gasteiger partial charge in [0.2, 0.25) is 0 Å². The topological polar surface area (TPSA) is 21.6 Å². The Morgan fingerprint density at radius 1 is 0.913 bits per heavy atom. The Hall–Kier alpha value is -2.13. The van der Waals surface area contributed by atoms with Crippen LogP contribution in [0.5, 0.6) is 0 Å². The normalized spacial score (nSPS) is 11.2. The Morgan fingerprint density at radius 2 is 1.70 bits per heavy atom. The summed E-state index contributed by atoms with van der Waals surface area (Å²) in [6.07, 6.45) is 3.62. The van der Waals surface area contributed by atoms with Crippen molar-refractivity contribution in [1.82, 2.24) is 0 Å².